The largest absolute Gasteiger partial charge is 1.00 e. The fourth-order valence-electron chi connectivity index (χ4n) is 4.96. The molecule has 0 bridgehead atoms. The third-order valence-electron chi connectivity index (χ3n) is 6.80. The van der Waals surface area contributed by atoms with Crippen LogP contribution in [0.5, 0.6) is 0 Å². The van der Waals surface area contributed by atoms with E-state index in [-0.39, 0.29) is 95.8 Å². The molecule has 186 valence electrons. The maximum Gasteiger partial charge on any atom is 1.00 e. The number of carbonyl (C=O) groups is 2. The van der Waals surface area contributed by atoms with Gasteiger partial charge in [-0.25, -0.2) is 9.59 Å². The van der Waals surface area contributed by atoms with Crippen molar-refractivity contribution in [1.82, 2.24) is 4.90 Å². The molecular weight excluding hydrogens is 511 g/mol. The molecule has 1 heterocycles. The van der Waals surface area contributed by atoms with Gasteiger partial charge in [-0.1, -0.05) is 60.7 Å². The predicted octanol–water partition coefficient (Wildman–Crippen LogP) is 1.51. The molecule has 6 nitrogen and oxygen atoms in total. The number of carbonyl (C=O) groups excluding carboxylic acids is 1. The first-order valence-corrected chi connectivity index (χ1v) is 11.7. The van der Waals surface area contributed by atoms with Crippen molar-refractivity contribution in [3.8, 4) is 11.1 Å². The van der Waals surface area contributed by atoms with Crippen LogP contribution < -0.4 is 61.7 Å². The first-order chi connectivity index (χ1) is 17.2. The van der Waals surface area contributed by atoms with Gasteiger partial charge in [-0.05, 0) is 28.3 Å². The summed E-state index contributed by atoms with van der Waals surface area (Å²) in [5.41, 5.74) is 3.28. The predicted molar refractivity (Wildman–Crippen MR) is 131 cm³/mol. The van der Waals surface area contributed by atoms with Crippen LogP contribution in [0, 0.1) is 0 Å². The molecule has 1 amide bonds. The maximum absolute atomic E-state index is 13.3. The van der Waals surface area contributed by atoms with Gasteiger partial charge >= 0.3 is 70.4 Å². The number of piperazine rings is 1. The number of hydrogen-bond acceptors (Lipinski definition) is 4. The van der Waals surface area contributed by atoms with Gasteiger partial charge in [-0.3, -0.25) is 0 Å². The zero-order chi connectivity index (χ0) is 25.4. The SMILES string of the molecule is O=C(O)c1cc(N2CCN(C(=O)OCC3c4ccccc4-c4ccccc43)CC2)cc([B-](F)(F)F)c1.[K+]. The molecule has 0 unspecified atom stereocenters. The summed E-state index contributed by atoms with van der Waals surface area (Å²) >= 11 is 0. The number of carboxylic acids is 1. The zero-order valence-corrected chi connectivity index (χ0v) is 23.4. The van der Waals surface area contributed by atoms with Gasteiger partial charge in [0.05, 0.1) is 5.56 Å². The topological polar surface area (TPSA) is 70.1 Å². The quantitative estimate of drug-likeness (QED) is 0.503. The van der Waals surface area contributed by atoms with Crippen LogP contribution in [0.4, 0.5) is 23.4 Å². The molecule has 3 aromatic rings. The average molecular weight is 534 g/mol. The van der Waals surface area contributed by atoms with Gasteiger partial charge in [-0.2, -0.15) is 0 Å². The molecule has 1 aliphatic carbocycles. The number of aromatic carboxylic acids is 1. The number of anilines is 1. The second-order valence-corrected chi connectivity index (χ2v) is 8.97. The number of halogens is 3. The van der Waals surface area contributed by atoms with Crippen molar-refractivity contribution in [2.24, 2.45) is 0 Å². The van der Waals surface area contributed by atoms with Gasteiger partial charge in [0.2, 0.25) is 0 Å². The molecule has 0 radical (unpaired) electrons. The summed E-state index contributed by atoms with van der Waals surface area (Å²) in [5, 5.41) is 9.24. The normalized spacial score (nSPS) is 15.0. The first kappa shape index (κ1) is 27.7. The van der Waals surface area contributed by atoms with E-state index >= 15 is 0 Å². The van der Waals surface area contributed by atoms with Crippen molar-refractivity contribution in [1.29, 1.82) is 0 Å². The molecule has 0 saturated carbocycles. The van der Waals surface area contributed by atoms with E-state index in [9.17, 15) is 27.6 Å². The summed E-state index contributed by atoms with van der Waals surface area (Å²) in [7, 11) is 0. The first-order valence-electron chi connectivity index (χ1n) is 11.7. The third-order valence-corrected chi connectivity index (χ3v) is 6.80. The summed E-state index contributed by atoms with van der Waals surface area (Å²) in [6.07, 6.45) is -0.477. The van der Waals surface area contributed by atoms with Crippen molar-refractivity contribution in [3.63, 3.8) is 0 Å². The van der Waals surface area contributed by atoms with Crippen LogP contribution in [-0.4, -0.2) is 61.8 Å². The van der Waals surface area contributed by atoms with Crippen LogP contribution >= 0.6 is 0 Å². The van der Waals surface area contributed by atoms with Crippen LogP contribution in [0.2, 0.25) is 0 Å². The number of nitrogens with zero attached hydrogens (tertiary/aromatic N) is 2. The van der Waals surface area contributed by atoms with E-state index in [1.165, 1.54) is 11.0 Å². The smallest absolute Gasteiger partial charge is 0.478 e. The Hall–Kier alpha value is -2.31. The fourth-order valence-corrected chi connectivity index (χ4v) is 4.96. The van der Waals surface area contributed by atoms with E-state index in [0.29, 0.717) is 6.07 Å². The van der Waals surface area contributed by atoms with Gasteiger partial charge in [0.25, 0.3) is 0 Å². The Bertz CT molecular complexity index is 1280. The van der Waals surface area contributed by atoms with Crippen molar-refractivity contribution < 1.29 is 83.8 Å². The van der Waals surface area contributed by atoms with E-state index in [4.69, 9.17) is 4.74 Å². The molecule has 5 rings (SSSR count). The molecule has 1 fully saturated rings. The van der Waals surface area contributed by atoms with Crippen molar-refractivity contribution in [2.45, 2.75) is 5.92 Å². The van der Waals surface area contributed by atoms with Crippen molar-refractivity contribution in [3.05, 3.63) is 83.4 Å². The van der Waals surface area contributed by atoms with Gasteiger partial charge in [0, 0.05) is 37.8 Å². The Balaban J connectivity index is 0.00000320. The zero-order valence-electron chi connectivity index (χ0n) is 20.2. The molecule has 1 saturated heterocycles. The minimum Gasteiger partial charge on any atom is -0.478 e. The molecule has 2 aliphatic rings. The molecule has 0 aromatic heterocycles. The van der Waals surface area contributed by atoms with Gasteiger partial charge in [0.15, 0.2) is 0 Å². The molecule has 11 heteroatoms. The van der Waals surface area contributed by atoms with E-state index in [0.717, 1.165) is 28.3 Å². The van der Waals surface area contributed by atoms with Gasteiger partial charge < -0.3 is 32.6 Å². The number of carboxylic acid groups (broad SMARTS) is 1. The van der Waals surface area contributed by atoms with E-state index in [1.807, 2.05) is 36.4 Å². The minimum absolute atomic E-state index is 0. The van der Waals surface area contributed by atoms with E-state index in [2.05, 4.69) is 12.1 Å². The standard InChI is InChI=1S/C26H23BF3N2O4.K/c28-27(29,30)18-13-17(25(33)34)14-19(15-18)31-9-11-32(12-10-31)26(35)36-16-24-22-7-3-1-5-20(22)21-6-2-4-8-23(21)24;/h1-8,13-15,24H,9-12,16H2,(H,33,34);/q-1;+1. The monoisotopic (exact) mass is 534 g/mol. The Labute approximate surface area is 254 Å². The third kappa shape index (κ3) is 5.75. The fraction of sp³-hybridized carbons (Fsp3) is 0.231. The molecule has 3 aromatic carbocycles. The Morgan fingerprint density at radius 1 is 0.892 bits per heavy atom. The summed E-state index contributed by atoms with van der Waals surface area (Å²) in [4.78, 5) is 27.3. The number of benzene rings is 3. The molecule has 1 aliphatic heterocycles. The Morgan fingerprint density at radius 2 is 1.46 bits per heavy atom. The average Bonchev–Trinajstić information content (AvgIpc) is 3.20. The summed E-state index contributed by atoms with van der Waals surface area (Å²) in [5.74, 6) is -1.49. The second kappa shape index (κ2) is 11.2. The summed E-state index contributed by atoms with van der Waals surface area (Å²) < 4.78 is 45.7. The maximum atomic E-state index is 13.3. The Morgan fingerprint density at radius 3 is 2.00 bits per heavy atom. The molecule has 1 N–H and O–H groups in total. The van der Waals surface area contributed by atoms with Gasteiger partial charge in [0.1, 0.15) is 6.61 Å². The number of ether oxygens (including phenoxy) is 1. The second-order valence-electron chi connectivity index (χ2n) is 8.97. The van der Waals surface area contributed by atoms with E-state index in [1.54, 1.807) is 4.90 Å². The molecular formula is C26H23BF3KN2O4. The number of amides is 1. The number of fused-ring (bicyclic) bond motifs is 3. The van der Waals surface area contributed by atoms with Crippen LogP contribution in [0.3, 0.4) is 0 Å². The molecule has 0 spiro atoms. The van der Waals surface area contributed by atoms with Crippen molar-refractivity contribution >= 4 is 30.2 Å². The summed E-state index contributed by atoms with van der Waals surface area (Å²) in [6, 6.07) is 18.9. The number of hydrogen-bond donors (Lipinski definition) is 1. The van der Waals surface area contributed by atoms with Crippen LogP contribution in [0.15, 0.2) is 66.7 Å². The minimum atomic E-state index is -5.35. The molecule has 37 heavy (non-hydrogen) atoms. The van der Waals surface area contributed by atoms with Crippen LogP contribution in [0.1, 0.15) is 27.4 Å². The van der Waals surface area contributed by atoms with Crippen LogP contribution in [0.25, 0.3) is 11.1 Å². The molecule has 0 atom stereocenters. The van der Waals surface area contributed by atoms with Gasteiger partial charge in [-0.15, -0.1) is 5.46 Å². The Kier molecular flexibility index (Phi) is 8.39. The van der Waals surface area contributed by atoms with Crippen molar-refractivity contribution in [2.75, 3.05) is 37.7 Å². The summed E-state index contributed by atoms with van der Waals surface area (Å²) in [6.45, 7) is -4.14. The van der Waals surface area contributed by atoms with Crippen LogP contribution in [-0.2, 0) is 4.74 Å². The van der Waals surface area contributed by atoms with E-state index < -0.39 is 30.1 Å². The number of rotatable bonds is 5.